The van der Waals surface area contributed by atoms with Gasteiger partial charge in [0.25, 0.3) is 0 Å². The van der Waals surface area contributed by atoms with Crippen LogP contribution in [-0.4, -0.2) is 45.7 Å². The molecule has 3 rings (SSSR count). The summed E-state index contributed by atoms with van der Waals surface area (Å²) in [6.45, 7) is 4.79. The molecule has 2 aliphatic rings. The van der Waals surface area contributed by atoms with Gasteiger partial charge in [-0.05, 0) is 24.3 Å². The van der Waals surface area contributed by atoms with E-state index in [1.54, 1.807) is 0 Å². The molecule has 1 aromatic heterocycles. The van der Waals surface area contributed by atoms with Crippen molar-refractivity contribution in [3.63, 3.8) is 0 Å². The van der Waals surface area contributed by atoms with Gasteiger partial charge in [-0.2, -0.15) is 0 Å². The van der Waals surface area contributed by atoms with E-state index in [1.165, 1.54) is 24.7 Å². The number of nitrogens with zero attached hydrogens (tertiary/aromatic N) is 3. The van der Waals surface area contributed by atoms with E-state index in [2.05, 4.69) is 27.9 Å². The van der Waals surface area contributed by atoms with Crippen LogP contribution < -0.4 is 5.73 Å². The topological polar surface area (TPSA) is 75.3 Å². The summed E-state index contributed by atoms with van der Waals surface area (Å²) in [4.78, 5) is 10.8. The Morgan fingerprint density at radius 2 is 2.24 bits per heavy atom. The van der Waals surface area contributed by atoms with E-state index in [0.717, 1.165) is 43.7 Å². The number of unbranched alkanes of at least 4 members (excludes halogenated alkanes) is 1. The standard InChI is InChI=1S/C16H24N4O/c1-2-3-4-11-7-20(9-14(11)21)8-12-5-6-13-15(12)18-10-19-16(13)17/h5,10-11,14,21H,2-4,6-9H2,1H3,(H2,17,18,19)/t11-,14-/m0/s1. The van der Waals surface area contributed by atoms with Gasteiger partial charge in [-0.1, -0.05) is 25.8 Å². The Labute approximate surface area is 125 Å². The highest BCUT2D eigenvalue weighted by molar-refractivity contribution is 5.74. The summed E-state index contributed by atoms with van der Waals surface area (Å²) in [5, 5.41) is 10.2. The van der Waals surface area contributed by atoms with Gasteiger partial charge in [-0.3, -0.25) is 4.90 Å². The van der Waals surface area contributed by atoms with Crippen LogP contribution in [0, 0.1) is 5.92 Å². The van der Waals surface area contributed by atoms with E-state index in [1.807, 2.05) is 0 Å². The molecule has 0 radical (unpaired) electrons. The first-order chi connectivity index (χ1) is 10.2. The highest BCUT2D eigenvalue weighted by Gasteiger charge is 2.32. The van der Waals surface area contributed by atoms with Crippen LogP contribution >= 0.6 is 0 Å². The molecule has 1 saturated heterocycles. The van der Waals surface area contributed by atoms with E-state index in [4.69, 9.17) is 5.73 Å². The number of nitrogens with two attached hydrogens (primary N) is 1. The number of fused-ring (bicyclic) bond motifs is 1. The lowest BCUT2D eigenvalue weighted by Crippen LogP contribution is -2.24. The second-order valence-electron chi connectivity index (χ2n) is 6.18. The molecule has 1 aromatic rings. The maximum Gasteiger partial charge on any atom is 0.130 e. The van der Waals surface area contributed by atoms with Crippen molar-refractivity contribution in [3.05, 3.63) is 23.7 Å². The molecule has 1 aliphatic carbocycles. The van der Waals surface area contributed by atoms with E-state index < -0.39 is 0 Å². The van der Waals surface area contributed by atoms with E-state index in [-0.39, 0.29) is 6.10 Å². The minimum Gasteiger partial charge on any atom is -0.391 e. The summed E-state index contributed by atoms with van der Waals surface area (Å²) in [7, 11) is 0. The second kappa shape index (κ2) is 6.12. The van der Waals surface area contributed by atoms with Gasteiger partial charge in [0.2, 0.25) is 0 Å². The molecular weight excluding hydrogens is 264 g/mol. The average molecular weight is 288 g/mol. The molecule has 5 nitrogen and oxygen atoms in total. The monoisotopic (exact) mass is 288 g/mol. The Morgan fingerprint density at radius 3 is 3.05 bits per heavy atom. The number of aliphatic hydroxyl groups excluding tert-OH is 1. The van der Waals surface area contributed by atoms with E-state index in [0.29, 0.717) is 11.7 Å². The van der Waals surface area contributed by atoms with E-state index >= 15 is 0 Å². The van der Waals surface area contributed by atoms with Gasteiger partial charge < -0.3 is 10.8 Å². The molecule has 5 heteroatoms. The molecule has 1 aliphatic heterocycles. The molecule has 0 bridgehead atoms. The summed E-state index contributed by atoms with van der Waals surface area (Å²) in [5.41, 5.74) is 9.17. The Hall–Kier alpha value is -1.46. The summed E-state index contributed by atoms with van der Waals surface area (Å²) in [5.74, 6) is 1.01. The van der Waals surface area contributed by atoms with Crippen LogP contribution in [0.1, 0.15) is 37.4 Å². The van der Waals surface area contributed by atoms with Crippen LogP contribution in [0.2, 0.25) is 0 Å². The third-order valence-electron chi connectivity index (χ3n) is 4.64. The predicted octanol–water partition coefficient (Wildman–Crippen LogP) is 1.48. The number of anilines is 1. The zero-order valence-electron chi connectivity index (χ0n) is 12.6. The number of likely N-dealkylation sites (tertiary alicyclic amines) is 1. The molecule has 2 atom stereocenters. The van der Waals surface area contributed by atoms with Crippen molar-refractivity contribution in [2.75, 3.05) is 25.4 Å². The number of aliphatic hydroxyl groups is 1. The number of β-amino-alcohol motifs (C(OH)–C–C–N with tert-alkyl or cyclic N) is 1. The fraction of sp³-hybridized carbons (Fsp3) is 0.625. The Kier molecular flexibility index (Phi) is 4.22. The van der Waals surface area contributed by atoms with Crippen molar-refractivity contribution in [1.29, 1.82) is 0 Å². The molecule has 114 valence electrons. The number of aromatic nitrogens is 2. The first kappa shape index (κ1) is 14.5. The number of allylic oxidation sites excluding steroid dienone is 1. The third kappa shape index (κ3) is 2.94. The van der Waals surface area contributed by atoms with Gasteiger partial charge in [-0.25, -0.2) is 9.97 Å². The van der Waals surface area contributed by atoms with Crippen LogP contribution in [0.25, 0.3) is 5.57 Å². The highest BCUT2D eigenvalue weighted by Crippen LogP contribution is 2.31. The fourth-order valence-corrected chi connectivity index (χ4v) is 3.43. The van der Waals surface area contributed by atoms with Crippen LogP contribution in [-0.2, 0) is 6.42 Å². The minimum absolute atomic E-state index is 0.187. The molecular formula is C16H24N4O. The van der Waals surface area contributed by atoms with Crippen LogP contribution in [0.15, 0.2) is 12.4 Å². The molecule has 1 fully saturated rings. The average Bonchev–Trinajstić information content (AvgIpc) is 3.02. The summed E-state index contributed by atoms with van der Waals surface area (Å²) in [6.07, 6.45) is 7.89. The first-order valence-electron chi connectivity index (χ1n) is 7.88. The number of rotatable bonds is 5. The van der Waals surface area contributed by atoms with Crippen molar-refractivity contribution in [1.82, 2.24) is 14.9 Å². The lowest BCUT2D eigenvalue weighted by atomic mass is 9.99. The number of hydrogen-bond donors (Lipinski definition) is 2. The van der Waals surface area contributed by atoms with Crippen molar-refractivity contribution in [2.24, 2.45) is 5.92 Å². The molecule has 0 saturated carbocycles. The SMILES string of the molecule is CCCC[C@H]1CN(CC2=CCc3c(N)ncnc32)C[C@@H]1O. The van der Waals surface area contributed by atoms with Crippen LogP contribution in [0.5, 0.6) is 0 Å². The Morgan fingerprint density at radius 1 is 1.38 bits per heavy atom. The highest BCUT2D eigenvalue weighted by atomic mass is 16.3. The predicted molar refractivity (Wildman–Crippen MR) is 83.6 cm³/mol. The molecule has 2 heterocycles. The van der Waals surface area contributed by atoms with Crippen LogP contribution in [0.4, 0.5) is 5.82 Å². The van der Waals surface area contributed by atoms with Crippen molar-refractivity contribution >= 4 is 11.4 Å². The molecule has 0 aromatic carbocycles. The fourth-order valence-electron chi connectivity index (χ4n) is 3.43. The normalized spacial score (nSPS) is 25.1. The summed E-state index contributed by atoms with van der Waals surface area (Å²) >= 11 is 0. The molecule has 0 amide bonds. The molecule has 21 heavy (non-hydrogen) atoms. The molecule has 0 unspecified atom stereocenters. The maximum atomic E-state index is 10.2. The Bertz CT molecular complexity index is 543. The van der Waals surface area contributed by atoms with Crippen molar-refractivity contribution in [3.8, 4) is 0 Å². The third-order valence-corrected chi connectivity index (χ3v) is 4.64. The molecule has 0 spiro atoms. The number of hydrogen-bond acceptors (Lipinski definition) is 5. The lowest BCUT2D eigenvalue weighted by Gasteiger charge is -2.16. The summed E-state index contributed by atoms with van der Waals surface area (Å²) in [6, 6.07) is 0. The smallest absolute Gasteiger partial charge is 0.130 e. The molecule has 3 N–H and O–H groups in total. The minimum atomic E-state index is -0.187. The van der Waals surface area contributed by atoms with Gasteiger partial charge in [0.15, 0.2) is 0 Å². The quantitative estimate of drug-likeness (QED) is 0.858. The van der Waals surface area contributed by atoms with Gasteiger partial charge >= 0.3 is 0 Å². The number of nitrogen functional groups attached to an aromatic ring is 1. The van der Waals surface area contributed by atoms with Crippen molar-refractivity contribution in [2.45, 2.75) is 38.7 Å². The van der Waals surface area contributed by atoms with Gasteiger partial charge in [0.05, 0.1) is 11.8 Å². The van der Waals surface area contributed by atoms with Gasteiger partial charge in [-0.15, -0.1) is 0 Å². The first-order valence-corrected chi connectivity index (χ1v) is 7.88. The zero-order chi connectivity index (χ0) is 14.8. The van der Waals surface area contributed by atoms with Crippen LogP contribution in [0.3, 0.4) is 0 Å². The zero-order valence-corrected chi connectivity index (χ0v) is 12.6. The van der Waals surface area contributed by atoms with Crippen molar-refractivity contribution < 1.29 is 5.11 Å². The van der Waals surface area contributed by atoms with Gasteiger partial charge in [0.1, 0.15) is 12.1 Å². The largest absolute Gasteiger partial charge is 0.391 e. The Balaban J connectivity index is 1.63. The van der Waals surface area contributed by atoms with Gasteiger partial charge in [0, 0.05) is 25.2 Å². The second-order valence-corrected chi connectivity index (χ2v) is 6.18. The summed E-state index contributed by atoms with van der Waals surface area (Å²) < 4.78 is 0. The maximum absolute atomic E-state index is 10.2. The lowest BCUT2D eigenvalue weighted by molar-refractivity contribution is 0.137. The van der Waals surface area contributed by atoms with E-state index in [9.17, 15) is 5.11 Å².